The third-order valence-electron chi connectivity index (χ3n) is 2.44. The minimum Gasteiger partial charge on any atom is -0.377 e. The molecule has 0 aromatic carbocycles. The summed E-state index contributed by atoms with van der Waals surface area (Å²) in [6.45, 7) is 9.61. The Morgan fingerprint density at radius 3 is 2.73 bits per heavy atom. The van der Waals surface area contributed by atoms with Crippen molar-refractivity contribution in [2.24, 2.45) is 11.8 Å². The molecule has 1 N–H and O–H groups in total. The highest BCUT2D eigenvalue weighted by Crippen LogP contribution is 2.20. The van der Waals surface area contributed by atoms with Crippen molar-refractivity contribution in [2.45, 2.75) is 26.9 Å². The van der Waals surface area contributed by atoms with Crippen LogP contribution in [0.25, 0.3) is 0 Å². The van der Waals surface area contributed by atoms with Crippen LogP contribution in [0.3, 0.4) is 0 Å². The Morgan fingerprint density at radius 1 is 1.45 bits per heavy atom. The minimum absolute atomic E-state index is 0.458. The highest BCUT2D eigenvalue weighted by atomic mass is 16.5. The molecule has 66 valence electrons. The van der Waals surface area contributed by atoms with Crippen LogP contribution in [0.2, 0.25) is 0 Å². The van der Waals surface area contributed by atoms with Crippen molar-refractivity contribution < 1.29 is 4.74 Å². The van der Waals surface area contributed by atoms with E-state index in [1.165, 1.54) is 0 Å². The molecule has 0 bridgehead atoms. The summed E-state index contributed by atoms with van der Waals surface area (Å²) in [6.07, 6.45) is 0.458. The summed E-state index contributed by atoms with van der Waals surface area (Å²) in [5.41, 5.74) is 0. The maximum absolute atomic E-state index is 5.61. The lowest BCUT2D eigenvalue weighted by Crippen LogP contribution is -2.26. The van der Waals surface area contributed by atoms with E-state index in [9.17, 15) is 0 Å². The van der Waals surface area contributed by atoms with Gasteiger partial charge in [0.15, 0.2) is 0 Å². The van der Waals surface area contributed by atoms with Crippen LogP contribution >= 0.6 is 0 Å². The molecule has 0 amide bonds. The second-order valence-electron chi connectivity index (χ2n) is 3.56. The number of hydrogen-bond donors (Lipinski definition) is 1. The highest BCUT2D eigenvalue weighted by Gasteiger charge is 2.29. The second kappa shape index (κ2) is 4.07. The summed E-state index contributed by atoms with van der Waals surface area (Å²) < 4.78 is 5.61. The summed E-state index contributed by atoms with van der Waals surface area (Å²) in [4.78, 5) is 0. The van der Waals surface area contributed by atoms with E-state index in [-0.39, 0.29) is 0 Å². The second-order valence-corrected chi connectivity index (χ2v) is 3.56. The van der Waals surface area contributed by atoms with Gasteiger partial charge in [0.25, 0.3) is 0 Å². The SMILES string of the molecule is CCOC1CNCC1C(C)C. The van der Waals surface area contributed by atoms with Crippen LogP contribution in [-0.4, -0.2) is 25.8 Å². The van der Waals surface area contributed by atoms with Gasteiger partial charge in [-0.15, -0.1) is 0 Å². The Kier molecular flexibility index (Phi) is 3.34. The first kappa shape index (κ1) is 9.01. The monoisotopic (exact) mass is 157 g/mol. The molecule has 1 rings (SSSR count). The van der Waals surface area contributed by atoms with Crippen LogP contribution in [-0.2, 0) is 4.74 Å². The van der Waals surface area contributed by atoms with Gasteiger partial charge in [0.1, 0.15) is 0 Å². The van der Waals surface area contributed by atoms with Gasteiger partial charge in [-0.1, -0.05) is 13.8 Å². The fourth-order valence-electron chi connectivity index (χ4n) is 1.74. The van der Waals surface area contributed by atoms with Gasteiger partial charge < -0.3 is 10.1 Å². The topological polar surface area (TPSA) is 21.3 Å². The van der Waals surface area contributed by atoms with Gasteiger partial charge in [0.05, 0.1) is 6.10 Å². The van der Waals surface area contributed by atoms with Crippen molar-refractivity contribution in [3.63, 3.8) is 0 Å². The number of ether oxygens (including phenoxy) is 1. The molecule has 2 nitrogen and oxygen atoms in total. The van der Waals surface area contributed by atoms with Crippen LogP contribution < -0.4 is 5.32 Å². The van der Waals surface area contributed by atoms with Gasteiger partial charge in [-0.05, 0) is 12.8 Å². The van der Waals surface area contributed by atoms with Gasteiger partial charge in [-0.3, -0.25) is 0 Å². The maximum Gasteiger partial charge on any atom is 0.0741 e. The van der Waals surface area contributed by atoms with Gasteiger partial charge in [-0.2, -0.15) is 0 Å². The third kappa shape index (κ3) is 2.17. The minimum atomic E-state index is 0.458. The van der Waals surface area contributed by atoms with E-state index < -0.39 is 0 Å². The van der Waals surface area contributed by atoms with Crippen molar-refractivity contribution in [1.82, 2.24) is 5.32 Å². The highest BCUT2D eigenvalue weighted by molar-refractivity contribution is 4.83. The lowest BCUT2D eigenvalue weighted by molar-refractivity contribution is 0.0333. The number of hydrogen-bond acceptors (Lipinski definition) is 2. The molecular weight excluding hydrogens is 138 g/mol. The predicted molar refractivity (Wildman–Crippen MR) is 46.6 cm³/mol. The molecule has 0 saturated carbocycles. The predicted octanol–water partition coefficient (Wildman–Crippen LogP) is 1.27. The molecule has 1 saturated heterocycles. The fourth-order valence-corrected chi connectivity index (χ4v) is 1.74. The van der Waals surface area contributed by atoms with Gasteiger partial charge >= 0.3 is 0 Å². The molecule has 0 aliphatic carbocycles. The lowest BCUT2D eigenvalue weighted by atomic mass is 9.93. The van der Waals surface area contributed by atoms with E-state index in [0.29, 0.717) is 6.10 Å². The Morgan fingerprint density at radius 2 is 2.18 bits per heavy atom. The summed E-state index contributed by atoms with van der Waals surface area (Å²) in [6, 6.07) is 0. The zero-order valence-corrected chi connectivity index (χ0v) is 7.76. The number of rotatable bonds is 3. The lowest BCUT2D eigenvalue weighted by Gasteiger charge is -2.21. The maximum atomic E-state index is 5.61. The van der Waals surface area contributed by atoms with Crippen LogP contribution in [0.1, 0.15) is 20.8 Å². The Labute approximate surface area is 69.3 Å². The first-order chi connectivity index (χ1) is 5.25. The Bertz CT molecular complexity index is 114. The van der Waals surface area contributed by atoms with Crippen molar-refractivity contribution in [2.75, 3.05) is 19.7 Å². The number of nitrogens with one attached hydrogen (secondary N) is 1. The molecule has 1 heterocycles. The van der Waals surface area contributed by atoms with Gasteiger partial charge in [0, 0.05) is 25.6 Å². The summed E-state index contributed by atoms with van der Waals surface area (Å²) in [5, 5.41) is 3.36. The molecule has 1 fully saturated rings. The summed E-state index contributed by atoms with van der Waals surface area (Å²) in [7, 11) is 0. The summed E-state index contributed by atoms with van der Waals surface area (Å²) in [5.74, 6) is 1.46. The molecule has 0 aromatic heterocycles. The largest absolute Gasteiger partial charge is 0.377 e. The van der Waals surface area contributed by atoms with Gasteiger partial charge in [-0.25, -0.2) is 0 Å². The van der Waals surface area contributed by atoms with E-state index in [0.717, 1.165) is 31.5 Å². The van der Waals surface area contributed by atoms with E-state index in [1.807, 2.05) is 0 Å². The van der Waals surface area contributed by atoms with Gasteiger partial charge in [0.2, 0.25) is 0 Å². The van der Waals surface area contributed by atoms with E-state index >= 15 is 0 Å². The molecule has 1 aliphatic rings. The molecule has 2 unspecified atom stereocenters. The van der Waals surface area contributed by atoms with Crippen LogP contribution in [0.15, 0.2) is 0 Å². The molecule has 1 aliphatic heterocycles. The first-order valence-electron chi connectivity index (χ1n) is 4.58. The quantitative estimate of drug-likeness (QED) is 0.666. The molecule has 11 heavy (non-hydrogen) atoms. The Balaban J connectivity index is 2.37. The Hall–Kier alpha value is -0.0800. The van der Waals surface area contributed by atoms with E-state index in [4.69, 9.17) is 4.74 Å². The fraction of sp³-hybridized carbons (Fsp3) is 1.00. The van der Waals surface area contributed by atoms with Crippen molar-refractivity contribution in [1.29, 1.82) is 0 Å². The average molecular weight is 157 g/mol. The molecule has 2 heteroatoms. The van der Waals surface area contributed by atoms with Crippen LogP contribution in [0.4, 0.5) is 0 Å². The standard InChI is InChI=1S/C9H19NO/c1-4-11-9-6-10-5-8(9)7(2)3/h7-10H,4-6H2,1-3H3. The van der Waals surface area contributed by atoms with Crippen molar-refractivity contribution in [3.8, 4) is 0 Å². The zero-order chi connectivity index (χ0) is 8.27. The average Bonchev–Trinajstić information content (AvgIpc) is 2.36. The smallest absolute Gasteiger partial charge is 0.0741 e. The first-order valence-corrected chi connectivity index (χ1v) is 4.58. The third-order valence-corrected chi connectivity index (χ3v) is 2.44. The van der Waals surface area contributed by atoms with Crippen LogP contribution in [0.5, 0.6) is 0 Å². The van der Waals surface area contributed by atoms with Crippen molar-refractivity contribution >= 4 is 0 Å². The molecule has 2 atom stereocenters. The van der Waals surface area contributed by atoms with Crippen molar-refractivity contribution in [3.05, 3.63) is 0 Å². The molecular formula is C9H19NO. The normalized spacial score (nSPS) is 31.6. The zero-order valence-electron chi connectivity index (χ0n) is 7.76. The van der Waals surface area contributed by atoms with E-state index in [1.54, 1.807) is 0 Å². The molecule has 0 spiro atoms. The summed E-state index contributed by atoms with van der Waals surface area (Å²) >= 11 is 0. The van der Waals surface area contributed by atoms with Crippen LogP contribution in [0, 0.1) is 11.8 Å². The molecule has 0 aromatic rings. The van der Waals surface area contributed by atoms with E-state index in [2.05, 4.69) is 26.1 Å². The molecule has 0 radical (unpaired) electrons.